The molecule has 2 aliphatic heterocycles. The van der Waals surface area contributed by atoms with Crippen LogP contribution in [0.1, 0.15) is 43.2 Å². The zero-order chi connectivity index (χ0) is 30.8. The Morgan fingerprint density at radius 2 is 1.83 bits per heavy atom. The Kier molecular flexibility index (Phi) is 8.13. The summed E-state index contributed by atoms with van der Waals surface area (Å²) in [6, 6.07) is 2.83. The normalized spacial score (nSPS) is 28.9. The van der Waals surface area contributed by atoms with Crippen molar-refractivity contribution >= 4 is 31.5 Å². The van der Waals surface area contributed by atoms with Gasteiger partial charge in [-0.2, -0.15) is 13.2 Å². The average Bonchev–Trinajstić information content (AvgIpc) is 2.90. The molecule has 1 saturated heterocycles. The zero-order valence-electron chi connectivity index (χ0n) is 22.7. The Morgan fingerprint density at radius 1 is 1.17 bits per heavy atom. The number of hydrogen-bond acceptors (Lipinski definition) is 6. The van der Waals surface area contributed by atoms with E-state index in [1.807, 2.05) is 19.0 Å². The third-order valence-electron chi connectivity index (χ3n) is 8.81. The molecule has 0 amide bonds. The van der Waals surface area contributed by atoms with Crippen molar-refractivity contribution in [1.29, 1.82) is 0 Å². The summed E-state index contributed by atoms with van der Waals surface area (Å²) in [6.45, 7) is 0.243. The van der Waals surface area contributed by atoms with Crippen LogP contribution in [0.4, 0.5) is 22.0 Å². The topological polar surface area (TPSA) is 92.8 Å². The quantitative estimate of drug-likeness (QED) is 0.343. The van der Waals surface area contributed by atoms with E-state index in [1.54, 1.807) is 0 Å². The lowest BCUT2D eigenvalue weighted by atomic mass is 9.64. The second kappa shape index (κ2) is 10.9. The number of ether oxygens (including phenoxy) is 1. The molecule has 1 saturated carbocycles. The summed E-state index contributed by atoms with van der Waals surface area (Å²) in [7, 11) is -4.80. The Balaban J connectivity index is 1.66. The number of alkyl halides is 3. The van der Waals surface area contributed by atoms with Crippen molar-refractivity contribution in [3.63, 3.8) is 0 Å². The largest absolute Gasteiger partial charge is 0.490 e. The third-order valence-corrected chi connectivity index (χ3v) is 13.6. The summed E-state index contributed by atoms with van der Waals surface area (Å²) in [5, 5.41) is -1.55. The van der Waals surface area contributed by atoms with Crippen LogP contribution < -0.4 is 9.46 Å². The highest BCUT2D eigenvalue weighted by atomic mass is 35.5. The van der Waals surface area contributed by atoms with Crippen molar-refractivity contribution in [3.8, 4) is 5.75 Å². The summed E-state index contributed by atoms with van der Waals surface area (Å²) >= 11 is 6.01. The monoisotopic (exact) mass is 656 g/mol. The molecule has 0 radical (unpaired) electrons. The molecule has 2 aromatic carbocycles. The molecule has 5 atom stereocenters. The van der Waals surface area contributed by atoms with Crippen LogP contribution in [-0.4, -0.2) is 60.3 Å². The van der Waals surface area contributed by atoms with E-state index in [0.717, 1.165) is 12.1 Å². The zero-order valence-corrected chi connectivity index (χ0v) is 25.1. The van der Waals surface area contributed by atoms with Gasteiger partial charge in [-0.25, -0.2) is 30.3 Å². The number of fused-ring (bicyclic) bond motifs is 5. The molecular formula is C27H30ClF5N2O5S2. The summed E-state index contributed by atoms with van der Waals surface area (Å²) < 4.78 is 132. The second-order valence-corrected chi connectivity index (χ2v) is 16.1. The minimum absolute atomic E-state index is 0.0440. The molecule has 0 spiro atoms. The highest BCUT2D eigenvalue weighted by Crippen LogP contribution is 2.60. The van der Waals surface area contributed by atoms with Gasteiger partial charge in [0, 0.05) is 12.0 Å². The van der Waals surface area contributed by atoms with Crippen LogP contribution in [0, 0.1) is 23.5 Å². The fraction of sp³-hybridized carbons (Fsp3) is 0.556. The standard InChI is InChI=1S/C27H30ClF5N2O5S2/c1-35(2)11-3-4-17-12-18-19-14-40-25-21(29)13-20(28)24(30)23(25)26(19,10-9-22(18)34-42(17,38)39)41(36,37)16-7-5-15(6-8-16)27(31,32)33/h5-8,13,17-19,22,34H,3-4,9-12,14H2,1-2H3/t17-,18-,19+,22+,26+/m1/s1. The van der Waals surface area contributed by atoms with Gasteiger partial charge in [-0.3, -0.25) is 0 Å². The molecular weight excluding hydrogens is 627 g/mol. The summed E-state index contributed by atoms with van der Waals surface area (Å²) in [5.74, 6) is -4.63. The molecule has 1 N–H and O–H groups in total. The fourth-order valence-electron chi connectivity index (χ4n) is 6.86. The van der Waals surface area contributed by atoms with Gasteiger partial charge in [0.1, 0.15) is 4.75 Å². The van der Waals surface area contributed by atoms with E-state index in [9.17, 15) is 30.0 Å². The molecule has 3 aliphatic rings. The van der Waals surface area contributed by atoms with Gasteiger partial charge < -0.3 is 9.64 Å². The van der Waals surface area contributed by atoms with Gasteiger partial charge in [-0.05, 0) is 89.0 Å². The van der Waals surface area contributed by atoms with Gasteiger partial charge in [-0.1, -0.05) is 11.6 Å². The number of benzene rings is 2. The summed E-state index contributed by atoms with van der Waals surface area (Å²) in [5.41, 5.74) is -1.69. The molecule has 2 aromatic rings. The number of nitrogens with one attached hydrogen (secondary N) is 1. The maximum atomic E-state index is 15.9. The van der Waals surface area contributed by atoms with Crippen molar-refractivity contribution in [2.24, 2.45) is 11.8 Å². The van der Waals surface area contributed by atoms with Gasteiger partial charge >= 0.3 is 6.18 Å². The molecule has 7 nitrogen and oxygen atoms in total. The van der Waals surface area contributed by atoms with Crippen LogP contribution >= 0.6 is 11.6 Å². The predicted octanol–water partition coefficient (Wildman–Crippen LogP) is 5.13. The van der Waals surface area contributed by atoms with Crippen LogP contribution in [0.3, 0.4) is 0 Å². The molecule has 5 rings (SSSR count). The Bertz CT molecular complexity index is 1590. The van der Waals surface area contributed by atoms with E-state index in [0.29, 0.717) is 31.2 Å². The Labute approximate surface area is 246 Å². The van der Waals surface area contributed by atoms with Gasteiger partial charge in [0.25, 0.3) is 0 Å². The smallest absolute Gasteiger partial charge is 0.416 e. The molecule has 0 aromatic heterocycles. The van der Waals surface area contributed by atoms with Crippen LogP contribution in [0.2, 0.25) is 5.02 Å². The minimum atomic E-state index is -4.74. The highest BCUT2D eigenvalue weighted by molar-refractivity contribution is 7.92. The maximum absolute atomic E-state index is 15.9. The van der Waals surface area contributed by atoms with Crippen LogP contribution in [0.15, 0.2) is 35.2 Å². The lowest BCUT2D eigenvalue weighted by Gasteiger charge is -2.55. The number of halogens is 6. The van der Waals surface area contributed by atoms with Crippen LogP contribution in [-0.2, 0) is 30.8 Å². The van der Waals surface area contributed by atoms with Gasteiger partial charge in [-0.15, -0.1) is 0 Å². The lowest BCUT2D eigenvalue weighted by molar-refractivity contribution is -0.137. The first-order valence-corrected chi connectivity index (χ1v) is 16.8. The van der Waals surface area contributed by atoms with Crippen molar-refractivity contribution in [1.82, 2.24) is 9.62 Å². The van der Waals surface area contributed by atoms with Crippen LogP contribution in [0.25, 0.3) is 0 Å². The van der Waals surface area contributed by atoms with E-state index in [4.69, 9.17) is 16.3 Å². The molecule has 2 heterocycles. The van der Waals surface area contributed by atoms with E-state index in [-0.39, 0.29) is 32.3 Å². The van der Waals surface area contributed by atoms with Crippen molar-refractivity contribution in [2.75, 3.05) is 27.2 Å². The molecule has 2 fully saturated rings. The molecule has 15 heteroatoms. The van der Waals surface area contributed by atoms with Crippen LogP contribution in [0.5, 0.6) is 5.75 Å². The third kappa shape index (κ3) is 5.10. The van der Waals surface area contributed by atoms with E-state index in [2.05, 4.69) is 4.72 Å². The number of nitrogens with zero attached hydrogens (tertiary/aromatic N) is 1. The van der Waals surface area contributed by atoms with Gasteiger partial charge in [0.05, 0.1) is 32.9 Å². The summed E-state index contributed by atoms with van der Waals surface area (Å²) in [4.78, 5) is 1.39. The second-order valence-electron chi connectivity index (χ2n) is 11.5. The van der Waals surface area contributed by atoms with Crippen molar-refractivity contribution in [2.45, 2.75) is 59.2 Å². The molecule has 42 heavy (non-hydrogen) atoms. The lowest BCUT2D eigenvalue weighted by Crippen LogP contribution is -2.63. The molecule has 1 aliphatic carbocycles. The van der Waals surface area contributed by atoms with E-state index >= 15 is 8.78 Å². The first-order chi connectivity index (χ1) is 19.5. The summed E-state index contributed by atoms with van der Waals surface area (Å²) in [6.07, 6.45) is -4.23. The van der Waals surface area contributed by atoms with Gasteiger partial charge in [0.2, 0.25) is 10.0 Å². The number of hydrogen-bond donors (Lipinski definition) is 1. The van der Waals surface area contributed by atoms with Crippen molar-refractivity contribution in [3.05, 3.63) is 58.1 Å². The SMILES string of the molecule is CN(C)CCC[C@@H]1C[C@H]2[C@H](CC[C@@]3(S(=O)(=O)c4ccc(C(F)(F)F)cc4)c4c(F)c(Cl)cc(F)c4OC[C@@H]23)NS1(=O)=O. The minimum Gasteiger partial charge on any atom is -0.490 e. The Hall–Kier alpha value is -2.00. The highest BCUT2D eigenvalue weighted by Gasteiger charge is 2.64. The predicted molar refractivity (Wildman–Crippen MR) is 145 cm³/mol. The fourth-order valence-corrected chi connectivity index (χ4v) is 11.3. The molecule has 232 valence electrons. The first kappa shape index (κ1) is 31.4. The average molecular weight is 657 g/mol. The maximum Gasteiger partial charge on any atom is 0.416 e. The van der Waals surface area contributed by atoms with Gasteiger partial charge in [0.15, 0.2) is 27.2 Å². The number of sulfone groups is 1. The number of rotatable bonds is 6. The first-order valence-electron chi connectivity index (χ1n) is 13.4. The van der Waals surface area contributed by atoms with E-state index in [1.165, 1.54) is 0 Å². The Morgan fingerprint density at radius 3 is 2.45 bits per heavy atom. The molecule has 0 bridgehead atoms. The van der Waals surface area contributed by atoms with Crippen molar-refractivity contribution < 1.29 is 43.5 Å². The molecule has 0 unspecified atom stereocenters. The van der Waals surface area contributed by atoms with E-state index < -0.39 is 92.3 Å². The number of sulfonamides is 1.